The number of ether oxygens (including phenoxy) is 1. The summed E-state index contributed by atoms with van der Waals surface area (Å²) in [5.41, 5.74) is 0.944. The first kappa shape index (κ1) is 23.1. The van der Waals surface area contributed by atoms with Crippen LogP contribution in [0.4, 0.5) is 0 Å². The predicted octanol–water partition coefficient (Wildman–Crippen LogP) is 0.877. The van der Waals surface area contributed by atoms with Crippen molar-refractivity contribution in [3.05, 3.63) is 54.1 Å². The third-order valence-electron chi connectivity index (χ3n) is 4.55. The van der Waals surface area contributed by atoms with Gasteiger partial charge in [0.1, 0.15) is 6.10 Å². The molecule has 1 aromatic carbocycles. The summed E-state index contributed by atoms with van der Waals surface area (Å²) < 4.78 is 5.42. The average Bonchev–Trinajstić information content (AvgIpc) is 2.74. The van der Waals surface area contributed by atoms with E-state index in [2.05, 4.69) is 27.3 Å². The van der Waals surface area contributed by atoms with E-state index in [9.17, 15) is 14.8 Å². The molecule has 0 spiro atoms. The first-order valence-corrected chi connectivity index (χ1v) is 9.68. The molecule has 1 fully saturated rings. The van der Waals surface area contributed by atoms with Crippen LogP contribution >= 0.6 is 0 Å². The van der Waals surface area contributed by atoms with Gasteiger partial charge < -0.3 is 25.3 Å². The van der Waals surface area contributed by atoms with Crippen molar-refractivity contribution in [2.24, 2.45) is 5.16 Å². The standard InChI is InChI=1S/C21H28N4O5/c1-24-11-13-25(14-12-24)16-18(30-21(28)10-9-20(26)27)15-22-19(23-29)8-7-17-5-3-2-4-6-17/h2-10,18,29H,11-16H2,1H3,(H,22,23)(H,26,27)/b8-7?,10-9-. The molecule has 1 unspecified atom stereocenters. The van der Waals surface area contributed by atoms with Crippen molar-refractivity contribution in [2.75, 3.05) is 46.3 Å². The lowest BCUT2D eigenvalue weighted by Crippen LogP contribution is -2.49. The maximum Gasteiger partial charge on any atom is 0.331 e. The zero-order valence-corrected chi connectivity index (χ0v) is 17.0. The fourth-order valence-electron chi connectivity index (χ4n) is 2.89. The third kappa shape index (κ3) is 8.89. The Morgan fingerprint density at radius 2 is 1.87 bits per heavy atom. The molecule has 9 heteroatoms. The molecule has 2 rings (SSSR count). The van der Waals surface area contributed by atoms with E-state index in [0.717, 1.165) is 43.9 Å². The number of amidine groups is 1. The number of likely N-dealkylation sites (N-methyl/N-ethyl adjacent to an activating group) is 1. The molecule has 30 heavy (non-hydrogen) atoms. The molecule has 162 valence electrons. The van der Waals surface area contributed by atoms with Crippen LogP contribution in [0.5, 0.6) is 0 Å². The van der Waals surface area contributed by atoms with Crippen LogP contribution in [0.15, 0.2) is 53.7 Å². The number of carbonyl (C=O) groups excluding carboxylic acids is 1. The number of nitrogens with one attached hydrogen (secondary N) is 1. The lowest BCUT2D eigenvalue weighted by atomic mass is 10.2. The number of oxime groups is 1. The molecular formula is C21H28N4O5. The van der Waals surface area contributed by atoms with E-state index in [1.807, 2.05) is 30.3 Å². The summed E-state index contributed by atoms with van der Waals surface area (Å²) in [6, 6.07) is 9.54. The molecule has 0 saturated carbocycles. The minimum Gasteiger partial charge on any atom is -0.478 e. The van der Waals surface area contributed by atoms with E-state index in [1.54, 1.807) is 12.2 Å². The number of hydrogen-bond acceptors (Lipinski definition) is 7. The lowest BCUT2D eigenvalue weighted by molar-refractivity contribution is -0.144. The molecule has 0 bridgehead atoms. The summed E-state index contributed by atoms with van der Waals surface area (Å²) in [5.74, 6) is -1.73. The van der Waals surface area contributed by atoms with Crippen molar-refractivity contribution in [2.45, 2.75) is 6.10 Å². The van der Waals surface area contributed by atoms with Gasteiger partial charge in [0.15, 0.2) is 5.84 Å². The second-order valence-electron chi connectivity index (χ2n) is 6.94. The first-order valence-electron chi connectivity index (χ1n) is 9.68. The number of carboxylic acid groups (broad SMARTS) is 1. The van der Waals surface area contributed by atoms with Gasteiger partial charge in [-0.05, 0) is 18.7 Å². The zero-order valence-electron chi connectivity index (χ0n) is 17.0. The Morgan fingerprint density at radius 1 is 1.17 bits per heavy atom. The highest BCUT2D eigenvalue weighted by molar-refractivity contribution is 5.96. The lowest BCUT2D eigenvalue weighted by Gasteiger charge is -2.34. The number of nitrogens with zero attached hydrogens (tertiary/aromatic N) is 3. The van der Waals surface area contributed by atoms with Crippen LogP contribution < -0.4 is 5.32 Å². The van der Waals surface area contributed by atoms with Crippen molar-refractivity contribution in [1.29, 1.82) is 0 Å². The molecule has 1 aliphatic rings. The molecule has 0 radical (unpaired) electrons. The van der Waals surface area contributed by atoms with Gasteiger partial charge in [-0.2, -0.15) is 0 Å². The number of rotatable bonds is 9. The third-order valence-corrected chi connectivity index (χ3v) is 4.55. The van der Waals surface area contributed by atoms with Gasteiger partial charge in [-0.3, -0.25) is 4.90 Å². The van der Waals surface area contributed by atoms with Gasteiger partial charge in [0.2, 0.25) is 0 Å². The fraction of sp³-hybridized carbons (Fsp3) is 0.381. The maximum absolute atomic E-state index is 12.0. The van der Waals surface area contributed by atoms with Crippen LogP contribution in [0.1, 0.15) is 5.56 Å². The fourth-order valence-corrected chi connectivity index (χ4v) is 2.89. The second-order valence-corrected chi connectivity index (χ2v) is 6.94. The molecule has 0 amide bonds. The molecule has 1 aliphatic heterocycles. The number of carboxylic acids is 1. The van der Waals surface area contributed by atoms with Gasteiger partial charge in [-0.15, -0.1) is 0 Å². The normalized spacial score (nSPS) is 17.3. The quantitative estimate of drug-likeness (QED) is 0.136. The van der Waals surface area contributed by atoms with E-state index in [4.69, 9.17) is 9.84 Å². The van der Waals surface area contributed by atoms with E-state index in [-0.39, 0.29) is 12.4 Å². The summed E-state index contributed by atoms with van der Waals surface area (Å²) in [4.78, 5) is 27.0. The summed E-state index contributed by atoms with van der Waals surface area (Å²) in [6.45, 7) is 4.19. The van der Waals surface area contributed by atoms with Crippen molar-refractivity contribution >= 4 is 23.9 Å². The van der Waals surface area contributed by atoms with Gasteiger partial charge in [-0.1, -0.05) is 41.6 Å². The van der Waals surface area contributed by atoms with Crippen LogP contribution in [-0.2, 0) is 14.3 Å². The summed E-state index contributed by atoms with van der Waals surface area (Å²) >= 11 is 0. The van der Waals surface area contributed by atoms with Crippen LogP contribution in [-0.4, -0.2) is 90.3 Å². The van der Waals surface area contributed by atoms with E-state index in [0.29, 0.717) is 6.54 Å². The smallest absolute Gasteiger partial charge is 0.331 e. The number of carbonyl (C=O) groups is 2. The van der Waals surface area contributed by atoms with Crippen molar-refractivity contribution < 1.29 is 24.6 Å². The minimum absolute atomic E-state index is 0.206. The Balaban J connectivity index is 1.96. The highest BCUT2D eigenvalue weighted by Gasteiger charge is 2.21. The van der Waals surface area contributed by atoms with Gasteiger partial charge in [0.25, 0.3) is 0 Å². The van der Waals surface area contributed by atoms with Crippen molar-refractivity contribution in [3.8, 4) is 0 Å². The monoisotopic (exact) mass is 416 g/mol. The molecule has 1 heterocycles. The molecule has 1 atom stereocenters. The Bertz CT molecular complexity index is 771. The largest absolute Gasteiger partial charge is 0.478 e. The molecule has 0 aromatic heterocycles. The Labute approximate surface area is 175 Å². The molecule has 9 nitrogen and oxygen atoms in total. The molecular weight excluding hydrogens is 388 g/mol. The highest BCUT2D eigenvalue weighted by atomic mass is 16.5. The van der Waals surface area contributed by atoms with Crippen LogP contribution in [0.3, 0.4) is 0 Å². The molecule has 1 saturated heterocycles. The zero-order chi connectivity index (χ0) is 21.8. The van der Waals surface area contributed by atoms with Gasteiger partial charge in [-0.25, -0.2) is 9.59 Å². The first-order chi connectivity index (χ1) is 14.5. The van der Waals surface area contributed by atoms with Crippen molar-refractivity contribution in [1.82, 2.24) is 15.1 Å². The van der Waals surface area contributed by atoms with E-state index in [1.165, 1.54) is 0 Å². The van der Waals surface area contributed by atoms with Gasteiger partial charge in [0, 0.05) is 44.9 Å². The van der Waals surface area contributed by atoms with Crippen LogP contribution in [0.2, 0.25) is 0 Å². The number of aliphatic carboxylic acids is 1. The number of esters is 1. The number of hydrogen-bond donors (Lipinski definition) is 3. The Hall–Kier alpha value is -3.17. The van der Waals surface area contributed by atoms with Gasteiger partial charge >= 0.3 is 11.9 Å². The van der Waals surface area contributed by atoms with Crippen LogP contribution in [0, 0.1) is 0 Å². The molecule has 1 aromatic rings. The predicted molar refractivity (Wildman–Crippen MR) is 113 cm³/mol. The van der Waals surface area contributed by atoms with E-state index >= 15 is 0 Å². The van der Waals surface area contributed by atoms with Crippen LogP contribution in [0.25, 0.3) is 6.08 Å². The summed E-state index contributed by atoms with van der Waals surface area (Å²) in [6.07, 6.45) is 4.48. The highest BCUT2D eigenvalue weighted by Crippen LogP contribution is 2.05. The Kier molecular flexibility index (Phi) is 9.56. The molecule has 0 aliphatic carbocycles. The second kappa shape index (κ2) is 12.4. The summed E-state index contributed by atoms with van der Waals surface area (Å²) in [7, 11) is 2.05. The summed E-state index contributed by atoms with van der Waals surface area (Å²) in [5, 5.41) is 24.1. The van der Waals surface area contributed by atoms with Crippen molar-refractivity contribution in [3.63, 3.8) is 0 Å². The maximum atomic E-state index is 12.0. The topological polar surface area (TPSA) is 115 Å². The van der Waals surface area contributed by atoms with E-state index < -0.39 is 18.0 Å². The minimum atomic E-state index is -1.22. The Morgan fingerprint density at radius 3 is 2.50 bits per heavy atom. The SMILES string of the molecule is CN1CCN(CC(CNC(C=Cc2ccccc2)=NO)OC(=O)/C=C\C(=O)O)CC1. The molecule has 3 N–H and O–H groups in total. The number of benzene rings is 1. The van der Waals surface area contributed by atoms with Gasteiger partial charge in [0.05, 0.1) is 6.54 Å². The number of piperazine rings is 1. The average molecular weight is 416 g/mol.